The van der Waals surface area contributed by atoms with Crippen LogP contribution in [0.1, 0.15) is 38.9 Å². The van der Waals surface area contributed by atoms with E-state index in [9.17, 15) is 14.4 Å². The molecule has 0 atom stereocenters. The predicted octanol–water partition coefficient (Wildman–Crippen LogP) is 1.01. The lowest BCUT2D eigenvalue weighted by Crippen LogP contribution is -2.30. The van der Waals surface area contributed by atoms with Crippen molar-refractivity contribution in [1.29, 1.82) is 0 Å². The summed E-state index contributed by atoms with van der Waals surface area (Å²) in [6.07, 6.45) is 0.814. The van der Waals surface area contributed by atoms with Crippen LogP contribution in [0.2, 0.25) is 0 Å². The van der Waals surface area contributed by atoms with Gasteiger partial charge in [0.1, 0.15) is 6.42 Å². The first kappa shape index (κ1) is 15.9. The maximum atomic E-state index is 12.2. The fourth-order valence-electron chi connectivity index (χ4n) is 2.49. The minimum absolute atomic E-state index is 0.0814. The number of esters is 1. The van der Waals surface area contributed by atoms with Gasteiger partial charge in [0.25, 0.3) is 11.8 Å². The summed E-state index contributed by atoms with van der Waals surface area (Å²) in [4.78, 5) is 36.8. The lowest BCUT2D eigenvalue weighted by molar-refractivity contribution is -0.140. The second kappa shape index (κ2) is 6.61. The quantitative estimate of drug-likeness (QED) is 0.575. The summed E-state index contributed by atoms with van der Waals surface area (Å²) < 4.78 is 9.84. The van der Waals surface area contributed by atoms with Crippen LogP contribution < -0.4 is 0 Å². The number of benzene rings is 1. The molecule has 0 spiro atoms. The van der Waals surface area contributed by atoms with Gasteiger partial charge in [0, 0.05) is 13.0 Å². The summed E-state index contributed by atoms with van der Waals surface area (Å²) in [6, 6.07) is 6.75. The molecule has 0 fully saturated rings. The van der Waals surface area contributed by atoms with Gasteiger partial charge in [-0.25, -0.2) is 0 Å². The molecule has 1 aromatic heterocycles. The number of imide groups is 1. The zero-order chi connectivity index (χ0) is 17.1. The van der Waals surface area contributed by atoms with Crippen LogP contribution in [-0.2, 0) is 22.4 Å². The van der Waals surface area contributed by atoms with Crippen LogP contribution in [0.3, 0.4) is 0 Å². The fraction of sp³-hybridized carbons (Fsp3) is 0.312. The molecule has 24 heavy (non-hydrogen) atoms. The van der Waals surface area contributed by atoms with Crippen LogP contribution in [0.25, 0.3) is 0 Å². The van der Waals surface area contributed by atoms with Gasteiger partial charge in [-0.1, -0.05) is 12.1 Å². The van der Waals surface area contributed by atoms with Crippen molar-refractivity contribution in [3.05, 3.63) is 47.2 Å². The van der Waals surface area contributed by atoms with Crippen LogP contribution in [0.15, 0.2) is 28.7 Å². The molecule has 1 aromatic carbocycles. The van der Waals surface area contributed by atoms with Crippen LogP contribution in [0.4, 0.5) is 0 Å². The number of nitrogens with zero attached hydrogens (tertiary/aromatic N) is 3. The van der Waals surface area contributed by atoms with E-state index in [4.69, 9.17) is 4.42 Å². The van der Waals surface area contributed by atoms with Crippen molar-refractivity contribution in [2.24, 2.45) is 0 Å². The molecule has 2 amide bonds. The van der Waals surface area contributed by atoms with Crippen molar-refractivity contribution < 1.29 is 23.5 Å². The van der Waals surface area contributed by atoms with E-state index in [0.29, 0.717) is 29.9 Å². The molecule has 0 saturated carbocycles. The Bertz CT molecular complexity index is 764. The molecule has 2 heterocycles. The largest absolute Gasteiger partial charge is 0.469 e. The number of aryl methyl sites for hydroxylation is 1. The van der Waals surface area contributed by atoms with Crippen molar-refractivity contribution in [3.63, 3.8) is 0 Å². The first-order valence-corrected chi connectivity index (χ1v) is 7.43. The Morgan fingerprint density at radius 3 is 2.38 bits per heavy atom. The number of carbonyl (C=O) groups is 3. The Balaban J connectivity index is 1.55. The molecular weight excluding hydrogens is 314 g/mol. The molecular formula is C16H15N3O5. The summed E-state index contributed by atoms with van der Waals surface area (Å²) >= 11 is 0. The first-order chi connectivity index (χ1) is 11.6. The van der Waals surface area contributed by atoms with Crippen LogP contribution in [0.5, 0.6) is 0 Å². The van der Waals surface area contributed by atoms with Crippen LogP contribution in [0, 0.1) is 0 Å². The van der Waals surface area contributed by atoms with Gasteiger partial charge in [-0.05, 0) is 18.6 Å². The van der Waals surface area contributed by atoms with Gasteiger partial charge >= 0.3 is 5.97 Å². The molecule has 0 N–H and O–H groups in total. The second-order valence-electron chi connectivity index (χ2n) is 5.25. The number of rotatable bonds is 6. The number of hydrogen-bond acceptors (Lipinski definition) is 7. The van der Waals surface area contributed by atoms with Gasteiger partial charge < -0.3 is 9.15 Å². The number of aromatic nitrogens is 2. The van der Waals surface area contributed by atoms with Gasteiger partial charge in [-0.15, -0.1) is 10.2 Å². The Kier molecular flexibility index (Phi) is 4.37. The molecule has 0 saturated heterocycles. The lowest BCUT2D eigenvalue weighted by atomic mass is 10.1. The number of hydrogen-bond donors (Lipinski definition) is 0. The fourth-order valence-corrected chi connectivity index (χ4v) is 2.49. The topological polar surface area (TPSA) is 103 Å². The SMILES string of the molecule is COC(=O)Cc1nnc(CCCN2C(=O)c3ccccc3C2=O)o1. The maximum Gasteiger partial charge on any atom is 0.315 e. The zero-order valence-corrected chi connectivity index (χ0v) is 13.0. The molecule has 2 aromatic rings. The van der Waals surface area contributed by atoms with Crippen molar-refractivity contribution in [2.75, 3.05) is 13.7 Å². The molecule has 1 aliphatic heterocycles. The lowest BCUT2D eigenvalue weighted by Gasteiger charge is -2.12. The Morgan fingerprint density at radius 2 is 1.75 bits per heavy atom. The standard InChI is InChI=1S/C16H15N3O5/c1-23-14(20)9-13-18-17-12(24-13)7-4-8-19-15(21)10-5-2-3-6-11(10)16(19)22/h2-3,5-6H,4,7-9H2,1H3. The monoisotopic (exact) mass is 329 g/mol. The number of carbonyl (C=O) groups excluding carboxylic acids is 3. The van der Waals surface area contributed by atoms with Crippen LogP contribution in [-0.4, -0.2) is 46.5 Å². The molecule has 0 unspecified atom stereocenters. The minimum atomic E-state index is -0.462. The highest BCUT2D eigenvalue weighted by Gasteiger charge is 2.34. The van der Waals surface area contributed by atoms with Gasteiger partial charge in [-0.3, -0.25) is 19.3 Å². The Hall–Kier alpha value is -3.03. The second-order valence-corrected chi connectivity index (χ2v) is 5.25. The molecule has 3 rings (SSSR count). The normalized spacial score (nSPS) is 13.3. The summed E-state index contributed by atoms with van der Waals surface area (Å²) in [5.41, 5.74) is 0.862. The number of methoxy groups -OCH3 is 1. The van der Waals surface area contributed by atoms with E-state index in [2.05, 4.69) is 14.9 Å². The number of ether oxygens (including phenoxy) is 1. The average molecular weight is 329 g/mol. The van der Waals surface area contributed by atoms with Gasteiger partial charge in [0.05, 0.1) is 18.2 Å². The highest BCUT2D eigenvalue weighted by molar-refractivity contribution is 6.21. The number of amides is 2. The van der Waals surface area contributed by atoms with E-state index in [1.807, 2.05) is 0 Å². The van der Waals surface area contributed by atoms with Crippen molar-refractivity contribution in [1.82, 2.24) is 15.1 Å². The van der Waals surface area contributed by atoms with Crippen molar-refractivity contribution in [2.45, 2.75) is 19.3 Å². The van der Waals surface area contributed by atoms with E-state index in [0.717, 1.165) is 0 Å². The Labute approximate surface area is 137 Å². The molecule has 124 valence electrons. The third-order valence-electron chi connectivity index (χ3n) is 3.68. The summed E-state index contributed by atoms with van der Waals surface area (Å²) in [6.45, 7) is 0.265. The highest BCUT2D eigenvalue weighted by atomic mass is 16.5. The smallest absolute Gasteiger partial charge is 0.315 e. The molecule has 0 bridgehead atoms. The molecule has 0 radical (unpaired) electrons. The molecule has 8 heteroatoms. The molecule has 1 aliphatic rings. The van der Waals surface area contributed by atoms with Gasteiger partial charge in [0.2, 0.25) is 11.8 Å². The summed E-state index contributed by atoms with van der Waals surface area (Å²) in [5.74, 6) is -0.501. The molecule has 8 nitrogen and oxygen atoms in total. The van der Waals surface area contributed by atoms with E-state index in [1.165, 1.54) is 12.0 Å². The van der Waals surface area contributed by atoms with Crippen molar-refractivity contribution in [3.8, 4) is 0 Å². The van der Waals surface area contributed by atoms with E-state index in [-0.39, 0.29) is 30.7 Å². The predicted molar refractivity (Wildman–Crippen MR) is 80.1 cm³/mol. The Morgan fingerprint density at radius 1 is 1.12 bits per heavy atom. The molecule has 0 aliphatic carbocycles. The number of fused-ring (bicyclic) bond motifs is 1. The summed E-state index contributed by atoms with van der Waals surface area (Å²) in [5, 5.41) is 7.58. The van der Waals surface area contributed by atoms with Gasteiger partial charge in [0.15, 0.2) is 0 Å². The average Bonchev–Trinajstić information content (AvgIpc) is 3.13. The highest BCUT2D eigenvalue weighted by Crippen LogP contribution is 2.22. The first-order valence-electron chi connectivity index (χ1n) is 7.43. The van der Waals surface area contributed by atoms with E-state index in [1.54, 1.807) is 24.3 Å². The van der Waals surface area contributed by atoms with Crippen molar-refractivity contribution >= 4 is 17.8 Å². The maximum absolute atomic E-state index is 12.2. The van der Waals surface area contributed by atoms with Gasteiger partial charge in [-0.2, -0.15) is 0 Å². The van der Waals surface area contributed by atoms with E-state index >= 15 is 0 Å². The van der Waals surface area contributed by atoms with E-state index < -0.39 is 5.97 Å². The summed E-state index contributed by atoms with van der Waals surface area (Å²) in [7, 11) is 1.28. The minimum Gasteiger partial charge on any atom is -0.469 e. The third kappa shape index (κ3) is 3.03. The zero-order valence-electron chi connectivity index (χ0n) is 13.0. The van der Waals surface area contributed by atoms with Crippen LogP contribution >= 0.6 is 0 Å². The third-order valence-corrected chi connectivity index (χ3v) is 3.68.